The Morgan fingerprint density at radius 1 is 1.32 bits per heavy atom. The van der Waals surface area contributed by atoms with Crippen molar-refractivity contribution >= 4 is 5.78 Å². The number of hydrogen-bond acceptors (Lipinski definition) is 2. The largest absolute Gasteiger partial charge is 0.292 e. The lowest BCUT2D eigenvalue weighted by Crippen LogP contribution is -2.41. The molecule has 1 aliphatic carbocycles. The van der Waals surface area contributed by atoms with Gasteiger partial charge in [-0.15, -0.1) is 0 Å². The molecule has 104 valence electrons. The van der Waals surface area contributed by atoms with Crippen LogP contribution in [0.1, 0.15) is 54.6 Å². The molecule has 1 saturated carbocycles. The van der Waals surface area contributed by atoms with Gasteiger partial charge in [-0.25, -0.2) is 0 Å². The maximum Gasteiger partial charge on any atom is 0.179 e. The van der Waals surface area contributed by atoms with E-state index in [-0.39, 0.29) is 11.8 Å². The smallest absolute Gasteiger partial charge is 0.179 e. The maximum atomic E-state index is 12.6. The Hall–Kier alpha value is -1.15. The molecule has 2 rings (SSSR count). The van der Waals surface area contributed by atoms with Gasteiger partial charge in [0.15, 0.2) is 5.78 Å². The summed E-state index contributed by atoms with van der Waals surface area (Å²) in [6.07, 6.45) is 3.62. The number of hydrogen-bond donors (Lipinski definition) is 0. The molecule has 0 bridgehead atoms. The van der Waals surface area contributed by atoms with E-state index in [0.29, 0.717) is 6.04 Å². The molecule has 2 heteroatoms. The van der Waals surface area contributed by atoms with Crippen molar-refractivity contribution in [2.24, 2.45) is 0 Å². The van der Waals surface area contributed by atoms with E-state index in [1.807, 2.05) is 12.1 Å². The van der Waals surface area contributed by atoms with Crippen LogP contribution in [0.2, 0.25) is 0 Å². The molecular weight excluding hydrogens is 234 g/mol. The topological polar surface area (TPSA) is 20.3 Å². The van der Waals surface area contributed by atoms with Crippen LogP contribution in [0.5, 0.6) is 0 Å². The summed E-state index contributed by atoms with van der Waals surface area (Å²) in [5.41, 5.74) is 3.31. The van der Waals surface area contributed by atoms with Gasteiger partial charge in [-0.1, -0.05) is 19.1 Å². The molecule has 1 aromatic rings. The van der Waals surface area contributed by atoms with Crippen molar-refractivity contribution in [2.45, 2.75) is 59.0 Å². The second kappa shape index (κ2) is 5.87. The summed E-state index contributed by atoms with van der Waals surface area (Å²) in [7, 11) is 0. The lowest BCUT2D eigenvalue weighted by atomic mass is 9.99. The lowest BCUT2D eigenvalue weighted by molar-refractivity contribution is 0.0826. The first-order valence-electron chi connectivity index (χ1n) is 7.41. The fraction of sp³-hybridized carbons (Fsp3) is 0.588. The normalized spacial score (nSPS) is 16.7. The van der Waals surface area contributed by atoms with E-state index < -0.39 is 0 Å². The molecule has 0 saturated heterocycles. The summed E-state index contributed by atoms with van der Waals surface area (Å²) < 4.78 is 0. The number of rotatable bonds is 6. The summed E-state index contributed by atoms with van der Waals surface area (Å²) in [6, 6.07) is 6.71. The van der Waals surface area contributed by atoms with Gasteiger partial charge in [0.2, 0.25) is 0 Å². The highest BCUT2D eigenvalue weighted by atomic mass is 16.1. The van der Waals surface area contributed by atoms with Crippen LogP contribution in [-0.4, -0.2) is 29.3 Å². The van der Waals surface area contributed by atoms with E-state index in [0.717, 1.165) is 18.5 Å². The van der Waals surface area contributed by atoms with Gasteiger partial charge in [-0.2, -0.15) is 0 Å². The van der Waals surface area contributed by atoms with Crippen LogP contribution < -0.4 is 0 Å². The molecule has 0 aromatic heterocycles. The SMILES string of the molecule is CCCN(C1CC1)C(C)C(=O)c1ccc(C)c(C)c1. The predicted molar refractivity (Wildman–Crippen MR) is 79.7 cm³/mol. The minimum Gasteiger partial charge on any atom is -0.292 e. The molecule has 0 spiro atoms. The Kier molecular flexibility index (Phi) is 4.41. The Labute approximate surface area is 116 Å². The van der Waals surface area contributed by atoms with Crippen LogP contribution >= 0.6 is 0 Å². The quantitative estimate of drug-likeness (QED) is 0.725. The Bertz CT molecular complexity index is 462. The van der Waals surface area contributed by atoms with Gasteiger partial charge in [0.1, 0.15) is 0 Å². The van der Waals surface area contributed by atoms with E-state index in [9.17, 15) is 4.79 Å². The van der Waals surface area contributed by atoms with Crippen molar-refractivity contribution in [3.8, 4) is 0 Å². The number of carbonyl (C=O) groups excluding carboxylic acids is 1. The summed E-state index contributed by atoms with van der Waals surface area (Å²) in [5.74, 6) is 0.267. The van der Waals surface area contributed by atoms with Crippen LogP contribution in [0, 0.1) is 13.8 Å². The van der Waals surface area contributed by atoms with E-state index in [1.54, 1.807) is 0 Å². The number of Topliss-reactive ketones (excluding diaryl/α,β-unsaturated/α-hetero) is 1. The van der Waals surface area contributed by atoms with Crippen molar-refractivity contribution in [3.05, 3.63) is 34.9 Å². The van der Waals surface area contributed by atoms with Crippen molar-refractivity contribution in [1.29, 1.82) is 0 Å². The summed E-state index contributed by atoms with van der Waals surface area (Å²) in [6.45, 7) is 9.43. The fourth-order valence-corrected chi connectivity index (χ4v) is 2.64. The third kappa shape index (κ3) is 3.24. The fourth-order valence-electron chi connectivity index (χ4n) is 2.64. The van der Waals surface area contributed by atoms with Crippen molar-refractivity contribution in [1.82, 2.24) is 4.90 Å². The number of nitrogens with zero attached hydrogens (tertiary/aromatic N) is 1. The number of carbonyl (C=O) groups is 1. The van der Waals surface area contributed by atoms with Crippen LogP contribution in [0.4, 0.5) is 0 Å². The van der Waals surface area contributed by atoms with Gasteiger partial charge in [-0.05, 0) is 63.8 Å². The highest BCUT2D eigenvalue weighted by molar-refractivity contribution is 6.00. The van der Waals surface area contributed by atoms with E-state index in [2.05, 4.69) is 38.7 Å². The van der Waals surface area contributed by atoms with Crippen molar-refractivity contribution in [2.75, 3.05) is 6.54 Å². The van der Waals surface area contributed by atoms with E-state index in [1.165, 1.54) is 24.0 Å². The number of ketones is 1. The third-order valence-electron chi connectivity index (χ3n) is 4.17. The predicted octanol–water partition coefficient (Wildman–Crippen LogP) is 3.75. The van der Waals surface area contributed by atoms with Crippen LogP contribution in [0.3, 0.4) is 0 Å². The number of benzene rings is 1. The molecule has 0 N–H and O–H groups in total. The van der Waals surface area contributed by atoms with Gasteiger partial charge in [0.05, 0.1) is 6.04 Å². The first-order chi connectivity index (χ1) is 9.04. The molecule has 2 nitrogen and oxygen atoms in total. The molecule has 0 heterocycles. The lowest BCUT2D eigenvalue weighted by Gasteiger charge is -2.27. The van der Waals surface area contributed by atoms with Gasteiger partial charge < -0.3 is 0 Å². The molecule has 1 aliphatic rings. The Morgan fingerprint density at radius 2 is 2.00 bits per heavy atom. The second-order valence-electron chi connectivity index (χ2n) is 5.81. The first-order valence-corrected chi connectivity index (χ1v) is 7.41. The first kappa shape index (κ1) is 14.3. The third-order valence-corrected chi connectivity index (χ3v) is 4.17. The maximum absolute atomic E-state index is 12.6. The summed E-state index contributed by atoms with van der Waals surface area (Å²) >= 11 is 0. The molecule has 19 heavy (non-hydrogen) atoms. The molecular formula is C17H25NO. The highest BCUT2D eigenvalue weighted by Gasteiger charge is 2.34. The van der Waals surface area contributed by atoms with Crippen molar-refractivity contribution < 1.29 is 4.79 Å². The summed E-state index contributed by atoms with van der Waals surface area (Å²) in [4.78, 5) is 15.0. The van der Waals surface area contributed by atoms with Gasteiger partial charge in [0.25, 0.3) is 0 Å². The zero-order chi connectivity index (χ0) is 14.0. The number of aryl methyl sites for hydroxylation is 2. The van der Waals surface area contributed by atoms with Gasteiger partial charge in [-0.3, -0.25) is 9.69 Å². The van der Waals surface area contributed by atoms with Crippen LogP contribution in [0.15, 0.2) is 18.2 Å². The average Bonchev–Trinajstić information content (AvgIpc) is 3.22. The zero-order valence-corrected chi connectivity index (χ0v) is 12.6. The molecule has 0 radical (unpaired) electrons. The second-order valence-corrected chi connectivity index (χ2v) is 5.81. The highest BCUT2D eigenvalue weighted by Crippen LogP contribution is 2.29. The molecule has 1 atom stereocenters. The zero-order valence-electron chi connectivity index (χ0n) is 12.6. The molecule has 1 aromatic carbocycles. The molecule has 1 fully saturated rings. The Balaban J connectivity index is 2.14. The van der Waals surface area contributed by atoms with Gasteiger partial charge >= 0.3 is 0 Å². The minimum absolute atomic E-state index is 0.00885. The monoisotopic (exact) mass is 259 g/mol. The molecule has 0 amide bonds. The standard InChI is InChI=1S/C17H25NO/c1-5-10-18(16-8-9-16)14(4)17(19)15-7-6-12(2)13(3)11-15/h6-7,11,14,16H,5,8-10H2,1-4H3. The Morgan fingerprint density at radius 3 is 2.53 bits per heavy atom. The van der Waals surface area contributed by atoms with E-state index in [4.69, 9.17) is 0 Å². The average molecular weight is 259 g/mol. The van der Waals surface area contributed by atoms with Crippen LogP contribution in [-0.2, 0) is 0 Å². The van der Waals surface area contributed by atoms with Gasteiger partial charge in [0, 0.05) is 11.6 Å². The van der Waals surface area contributed by atoms with Crippen molar-refractivity contribution in [3.63, 3.8) is 0 Å². The molecule has 0 aliphatic heterocycles. The molecule has 1 unspecified atom stereocenters. The van der Waals surface area contributed by atoms with E-state index >= 15 is 0 Å². The summed E-state index contributed by atoms with van der Waals surface area (Å²) in [5, 5.41) is 0. The minimum atomic E-state index is 0.00885. The van der Waals surface area contributed by atoms with Crippen LogP contribution in [0.25, 0.3) is 0 Å².